The minimum atomic E-state index is -0.830. The lowest BCUT2D eigenvalue weighted by atomic mass is 10.0. The van der Waals surface area contributed by atoms with Crippen LogP contribution in [0.15, 0.2) is 47.4 Å². The summed E-state index contributed by atoms with van der Waals surface area (Å²) in [6.45, 7) is 0.664. The molecule has 6 nitrogen and oxygen atoms in total. The zero-order valence-corrected chi connectivity index (χ0v) is 12.1. The van der Waals surface area contributed by atoms with Crippen LogP contribution in [0.4, 0.5) is 4.39 Å². The van der Waals surface area contributed by atoms with E-state index in [2.05, 4.69) is 10.3 Å². The SMILES string of the molecule is O=C1NCCN(C(=O)c2ccc(=O)[nH]c2)C1c1ccc(F)cc1. The van der Waals surface area contributed by atoms with Crippen molar-refractivity contribution in [2.75, 3.05) is 13.1 Å². The second-order valence-electron chi connectivity index (χ2n) is 5.19. The molecule has 1 aliphatic heterocycles. The number of rotatable bonds is 2. The summed E-state index contributed by atoms with van der Waals surface area (Å²) < 4.78 is 13.1. The van der Waals surface area contributed by atoms with Crippen LogP contribution in [0.5, 0.6) is 0 Å². The predicted molar refractivity (Wildman–Crippen MR) is 80.2 cm³/mol. The number of halogens is 1. The third-order valence-corrected chi connectivity index (χ3v) is 3.69. The van der Waals surface area contributed by atoms with Gasteiger partial charge < -0.3 is 15.2 Å². The van der Waals surface area contributed by atoms with Crippen molar-refractivity contribution in [1.82, 2.24) is 15.2 Å². The van der Waals surface area contributed by atoms with Crippen LogP contribution in [-0.4, -0.2) is 34.8 Å². The first-order chi connectivity index (χ1) is 11.1. The summed E-state index contributed by atoms with van der Waals surface area (Å²) in [4.78, 5) is 39.8. The van der Waals surface area contributed by atoms with Crippen LogP contribution >= 0.6 is 0 Å². The zero-order chi connectivity index (χ0) is 16.4. The largest absolute Gasteiger partial charge is 0.352 e. The number of nitrogens with one attached hydrogen (secondary N) is 2. The Bertz CT molecular complexity index is 780. The van der Waals surface area contributed by atoms with Gasteiger partial charge in [-0.05, 0) is 23.8 Å². The van der Waals surface area contributed by atoms with Crippen LogP contribution < -0.4 is 10.9 Å². The molecule has 0 spiro atoms. The molecule has 2 amide bonds. The third kappa shape index (κ3) is 2.98. The molecule has 1 aliphatic rings. The van der Waals surface area contributed by atoms with E-state index in [9.17, 15) is 18.8 Å². The van der Waals surface area contributed by atoms with Gasteiger partial charge in [0, 0.05) is 25.4 Å². The standard InChI is InChI=1S/C16H14FN3O3/c17-12-4-1-10(2-5-12)14-15(22)18-7-8-20(14)16(23)11-3-6-13(21)19-9-11/h1-6,9,14H,7-8H2,(H,18,22)(H,19,21). The van der Waals surface area contributed by atoms with Gasteiger partial charge in [-0.3, -0.25) is 14.4 Å². The van der Waals surface area contributed by atoms with E-state index in [1.165, 1.54) is 47.5 Å². The van der Waals surface area contributed by atoms with Gasteiger partial charge in [0.25, 0.3) is 5.91 Å². The smallest absolute Gasteiger partial charge is 0.256 e. The average Bonchev–Trinajstić information content (AvgIpc) is 2.56. The summed E-state index contributed by atoms with van der Waals surface area (Å²) >= 11 is 0. The molecule has 0 saturated carbocycles. The van der Waals surface area contributed by atoms with Gasteiger partial charge in [0.1, 0.15) is 11.9 Å². The number of carbonyl (C=O) groups is 2. The summed E-state index contributed by atoms with van der Waals surface area (Å²) in [5, 5.41) is 2.71. The van der Waals surface area contributed by atoms with Crippen molar-refractivity contribution in [1.29, 1.82) is 0 Å². The van der Waals surface area contributed by atoms with Crippen molar-refractivity contribution < 1.29 is 14.0 Å². The van der Waals surface area contributed by atoms with Crippen LogP contribution in [0.25, 0.3) is 0 Å². The Kier molecular flexibility index (Phi) is 3.92. The van der Waals surface area contributed by atoms with Gasteiger partial charge in [-0.25, -0.2) is 4.39 Å². The molecular formula is C16H14FN3O3. The average molecular weight is 315 g/mol. The first-order valence-electron chi connectivity index (χ1n) is 7.09. The molecule has 1 saturated heterocycles. The molecule has 23 heavy (non-hydrogen) atoms. The van der Waals surface area contributed by atoms with Crippen LogP contribution in [0, 0.1) is 5.82 Å². The predicted octanol–water partition coefficient (Wildman–Crippen LogP) is 0.827. The number of pyridine rings is 1. The summed E-state index contributed by atoms with van der Waals surface area (Å²) in [5.41, 5.74) is 0.501. The van der Waals surface area contributed by atoms with Crippen molar-refractivity contribution in [2.45, 2.75) is 6.04 Å². The molecule has 3 rings (SSSR count). The van der Waals surface area contributed by atoms with E-state index in [0.717, 1.165) is 0 Å². The Morgan fingerprint density at radius 1 is 1.13 bits per heavy atom. The number of hydrogen-bond donors (Lipinski definition) is 2. The van der Waals surface area contributed by atoms with Crippen LogP contribution in [-0.2, 0) is 4.79 Å². The van der Waals surface area contributed by atoms with Crippen molar-refractivity contribution in [3.05, 3.63) is 69.9 Å². The molecule has 1 aromatic heterocycles. The van der Waals surface area contributed by atoms with E-state index in [0.29, 0.717) is 18.7 Å². The van der Waals surface area contributed by atoms with Gasteiger partial charge in [0.15, 0.2) is 0 Å². The van der Waals surface area contributed by atoms with E-state index in [4.69, 9.17) is 0 Å². The molecule has 2 heterocycles. The number of benzene rings is 1. The molecule has 1 fully saturated rings. The zero-order valence-electron chi connectivity index (χ0n) is 12.1. The minimum absolute atomic E-state index is 0.284. The molecule has 0 bridgehead atoms. The van der Waals surface area contributed by atoms with Gasteiger partial charge in [0.2, 0.25) is 11.5 Å². The van der Waals surface area contributed by atoms with Gasteiger partial charge in [-0.2, -0.15) is 0 Å². The van der Waals surface area contributed by atoms with Crippen LogP contribution in [0.3, 0.4) is 0 Å². The molecule has 1 aromatic carbocycles. The maximum absolute atomic E-state index is 13.1. The number of nitrogens with zero attached hydrogens (tertiary/aromatic N) is 1. The van der Waals surface area contributed by atoms with E-state index in [1.807, 2.05) is 0 Å². The Hall–Kier alpha value is -2.96. The van der Waals surface area contributed by atoms with Crippen molar-refractivity contribution in [2.24, 2.45) is 0 Å². The normalized spacial score (nSPS) is 17.7. The van der Waals surface area contributed by atoms with E-state index < -0.39 is 11.9 Å². The summed E-state index contributed by atoms with van der Waals surface area (Å²) in [6, 6.07) is 7.30. The van der Waals surface area contributed by atoms with E-state index >= 15 is 0 Å². The highest BCUT2D eigenvalue weighted by Gasteiger charge is 2.34. The van der Waals surface area contributed by atoms with E-state index in [1.54, 1.807) is 0 Å². The molecule has 0 radical (unpaired) electrons. The highest BCUT2D eigenvalue weighted by atomic mass is 19.1. The van der Waals surface area contributed by atoms with Crippen molar-refractivity contribution in [3.8, 4) is 0 Å². The molecular weight excluding hydrogens is 301 g/mol. The second-order valence-corrected chi connectivity index (χ2v) is 5.19. The lowest BCUT2D eigenvalue weighted by Crippen LogP contribution is -2.52. The van der Waals surface area contributed by atoms with Gasteiger partial charge in [-0.1, -0.05) is 12.1 Å². The Morgan fingerprint density at radius 2 is 1.87 bits per heavy atom. The molecule has 1 unspecified atom stereocenters. The molecule has 2 aromatic rings. The monoisotopic (exact) mass is 315 g/mol. The Balaban J connectivity index is 1.95. The maximum atomic E-state index is 13.1. The maximum Gasteiger partial charge on any atom is 0.256 e. The lowest BCUT2D eigenvalue weighted by molar-refractivity contribution is -0.128. The second kappa shape index (κ2) is 6.04. The topological polar surface area (TPSA) is 82.3 Å². The number of aromatic nitrogens is 1. The summed E-state index contributed by atoms with van der Waals surface area (Å²) in [7, 11) is 0. The van der Waals surface area contributed by atoms with Crippen LogP contribution in [0.2, 0.25) is 0 Å². The fourth-order valence-corrected chi connectivity index (χ4v) is 2.57. The summed E-state index contributed by atoms with van der Waals surface area (Å²) in [5.74, 6) is -1.10. The fraction of sp³-hybridized carbons (Fsp3) is 0.188. The number of amides is 2. The van der Waals surface area contributed by atoms with Crippen molar-refractivity contribution in [3.63, 3.8) is 0 Å². The number of carbonyl (C=O) groups excluding carboxylic acids is 2. The first-order valence-corrected chi connectivity index (χ1v) is 7.09. The third-order valence-electron chi connectivity index (χ3n) is 3.69. The quantitative estimate of drug-likeness (QED) is 0.861. The molecule has 118 valence electrons. The molecule has 1 atom stereocenters. The number of aromatic amines is 1. The minimum Gasteiger partial charge on any atom is -0.352 e. The van der Waals surface area contributed by atoms with Gasteiger partial charge in [-0.15, -0.1) is 0 Å². The Morgan fingerprint density at radius 3 is 2.52 bits per heavy atom. The lowest BCUT2D eigenvalue weighted by Gasteiger charge is -2.35. The highest BCUT2D eigenvalue weighted by Crippen LogP contribution is 2.25. The number of piperazine rings is 1. The van der Waals surface area contributed by atoms with Gasteiger partial charge >= 0.3 is 0 Å². The van der Waals surface area contributed by atoms with Crippen molar-refractivity contribution >= 4 is 11.8 Å². The summed E-state index contributed by atoms with van der Waals surface area (Å²) in [6.07, 6.45) is 1.32. The number of H-pyrrole nitrogens is 1. The van der Waals surface area contributed by atoms with Gasteiger partial charge in [0.05, 0.1) is 5.56 Å². The molecule has 7 heteroatoms. The Labute approximate surface area is 130 Å². The van der Waals surface area contributed by atoms with E-state index in [-0.39, 0.29) is 22.9 Å². The van der Waals surface area contributed by atoms with Crippen LogP contribution in [0.1, 0.15) is 22.0 Å². The fourth-order valence-electron chi connectivity index (χ4n) is 2.57. The molecule has 2 N–H and O–H groups in total. The highest BCUT2D eigenvalue weighted by molar-refractivity contribution is 5.98. The molecule has 0 aliphatic carbocycles. The first kappa shape index (κ1) is 15.0. The number of hydrogen-bond acceptors (Lipinski definition) is 3.